The van der Waals surface area contributed by atoms with E-state index < -0.39 is 11.9 Å². The van der Waals surface area contributed by atoms with Gasteiger partial charge in [0.05, 0.1) is 5.92 Å². The van der Waals surface area contributed by atoms with Crippen molar-refractivity contribution in [2.75, 3.05) is 26.7 Å². The van der Waals surface area contributed by atoms with E-state index in [1.165, 1.54) is 6.42 Å². The molecule has 1 aliphatic heterocycles. The Balaban J connectivity index is 1.85. The molecule has 1 N–H and O–H groups in total. The maximum Gasteiger partial charge on any atom is 0.319 e. The predicted octanol–water partition coefficient (Wildman–Crippen LogP) is 1.49. The second-order valence-electron chi connectivity index (χ2n) is 5.76. The van der Waals surface area contributed by atoms with E-state index in [1.54, 1.807) is 9.80 Å². The normalized spacial score (nSPS) is 31.0. The molecule has 0 radical (unpaired) electrons. The van der Waals surface area contributed by atoms with E-state index in [-0.39, 0.29) is 6.03 Å². The first kappa shape index (κ1) is 13.2. The third kappa shape index (κ3) is 2.94. The molecule has 5 heteroatoms. The van der Waals surface area contributed by atoms with Gasteiger partial charge < -0.3 is 14.9 Å². The second kappa shape index (κ2) is 5.16. The second-order valence-corrected chi connectivity index (χ2v) is 5.76. The molecule has 18 heavy (non-hydrogen) atoms. The Morgan fingerprint density at radius 2 is 2.11 bits per heavy atom. The zero-order chi connectivity index (χ0) is 13.3. The Hall–Kier alpha value is -1.26. The number of aliphatic carboxylic acids is 1. The third-order valence-corrected chi connectivity index (χ3v) is 4.15. The minimum atomic E-state index is -0.786. The standard InChI is InChI=1S/C13H22N2O3/c1-9-6-11(9)7-14(2)13(18)15-5-3-4-10(8-15)12(16)17/h9-11H,3-8H2,1-2H3,(H,16,17). The maximum absolute atomic E-state index is 12.2. The minimum absolute atomic E-state index is 0.0138. The van der Waals surface area contributed by atoms with Crippen LogP contribution in [0.3, 0.4) is 0 Å². The van der Waals surface area contributed by atoms with Crippen LogP contribution in [0.2, 0.25) is 0 Å². The lowest BCUT2D eigenvalue weighted by molar-refractivity contribution is -0.143. The van der Waals surface area contributed by atoms with Crippen LogP contribution in [0.4, 0.5) is 4.79 Å². The van der Waals surface area contributed by atoms with E-state index in [2.05, 4.69) is 6.92 Å². The molecule has 1 aliphatic carbocycles. The molecule has 2 fully saturated rings. The van der Waals surface area contributed by atoms with Crippen LogP contribution >= 0.6 is 0 Å². The average molecular weight is 254 g/mol. The van der Waals surface area contributed by atoms with Gasteiger partial charge in [-0.15, -0.1) is 0 Å². The number of nitrogens with zero attached hydrogens (tertiary/aromatic N) is 2. The number of rotatable bonds is 3. The van der Waals surface area contributed by atoms with Gasteiger partial charge in [-0.1, -0.05) is 6.92 Å². The van der Waals surface area contributed by atoms with Gasteiger partial charge >= 0.3 is 12.0 Å². The molecule has 0 aromatic rings. The molecule has 1 saturated carbocycles. The highest BCUT2D eigenvalue weighted by molar-refractivity contribution is 5.76. The molecular weight excluding hydrogens is 232 g/mol. The number of carboxylic acid groups (broad SMARTS) is 1. The van der Waals surface area contributed by atoms with Crippen LogP contribution in [-0.2, 0) is 4.79 Å². The molecule has 1 heterocycles. The lowest BCUT2D eigenvalue weighted by atomic mass is 9.99. The molecule has 0 aromatic carbocycles. The van der Waals surface area contributed by atoms with Crippen LogP contribution in [0.1, 0.15) is 26.2 Å². The van der Waals surface area contributed by atoms with Gasteiger partial charge in [0.25, 0.3) is 0 Å². The lowest BCUT2D eigenvalue weighted by Crippen LogP contribution is -2.48. The van der Waals surface area contributed by atoms with E-state index in [0.29, 0.717) is 25.4 Å². The Labute approximate surface area is 108 Å². The number of urea groups is 1. The highest BCUT2D eigenvalue weighted by Crippen LogP contribution is 2.38. The van der Waals surface area contributed by atoms with Gasteiger partial charge in [-0.3, -0.25) is 4.79 Å². The summed E-state index contributed by atoms with van der Waals surface area (Å²) in [7, 11) is 1.82. The van der Waals surface area contributed by atoms with Gasteiger partial charge in [0.1, 0.15) is 0 Å². The van der Waals surface area contributed by atoms with Crippen molar-refractivity contribution in [3.63, 3.8) is 0 Å². The van der Waals surface area contributed by atoms with Crippen molar-refractivity contribution in [3.8, 4) is 0 Å². The molecule has 1 saturated heterocycles. The molecule has 2 rings (SSSR count). The summed E-state index contributed by atoms with van der Waals surface area (Å²) in [5.41, 5.74) is 0. The SMILES string of the molecule is CC1CC1CN(C)C(=O)N1CCCC(C(=O)O)C1. The maximum atomic E-state index is 12.2. The highest BCUT2D eigenvalue weighted by atomic mass is 16.4. The van der Waals surface area contributed by atoms with Crippen LogP contribution < -0.4 is 0 Å². The first-order chi connectivity index (χ1) is 8.49. The van der Waals surface area contributed by atoms with Gasteiger partial charge in [-0.2, -0.15) is 0 Å². The molecule has 3 unspecified atom stereocenters. The predicted molar refractivity (Wildman–Crippen MR) is 67.2 cm³/mol. The Morgan fingerprint density at radius 1 is 1.44 bits per heavy atom. The first-order valence-electron chi connectivity index (χ1n) is 6.72. The largest absolute Gasteiger partial charge is 0.481 e. The fraction of sp³-hybridized carbons (Fsp3) is 0.846. The van der Waals surface area contributed by atoms with E-state index in [0.717, 1.165) is 18.9 Å². The van der Waals surface area contributed by atoms with Crippen molar-refractivity contribution in [1.82, 2.24) is 9.80 Å². The van der Waals surface area contributed by atoms with Crippen LogP contribution in [-0.4, -0.2) is 53.6 Å². The molecule has 0 bridgehead atoms. The Morgan fingerprint density at radius 3 is 2.67 bits per heavy atom. The fourth-order valence-corrected chi connectivity index (χ4v) is 2.68. The molecule has 5 nitrogen and oxygen atoms in total. The number of carbonyl (C=O) groups is 2. The summed E-state index contributed by atoms with van der Waals surface area (Å²) in [5, 5.41) is 9.01. The summed E-state index contributed by atoms with van der Waals surface area (Å²) in [6.45, 7) is 4.05. The van der Waals surface area contributed by atoms with Crippen LogP contribution in [0, 0.1) is 17.8 Å². The lowest BCUT2D eigenvalue weighted by Gasteiger charge is -2.33. The Kier molecular flexibility index (Phi) is 3.78. The quantitative estimate of drug-likeness (QED) is 0.830. The average Bonchev–Trinajstić information content (AvgIpc) is 3.04. The van der Waals surface area contributed by atoms with Crippen molar-refractivity contribution in [1.29, 1.82) is 0 Å². The van der Waals surface area contributed by atoms with Crippen molar-refractivity contribution in [2.45, 2.75) is 26.2 Å². The van der Waals surface area contributed by atoms with Gasteiger partial charge in [0.2, 0.25) is 0 Å². The van der Waals surface area contributed by atoms with Crippen molar-refractivity contribution in [2.24, 2.45) is 17.8 Å². The highest BCUT2D eigenvalue weighted by Gasteiger charge is 2.36. The molecule has 2 amide bonds. The third-order valence-electron chi connectivity index (χ3n) is 4.15. The van der Waals surface area contributed by atoms with E-state index in [1.807, 2.05) is 7.05 Å². The number of hydrogen-bond acceptors (Lipinski definition) is 2. The minimum Gasteiger partial charge on any atom is -0.481 e. The summed E-state index contributed by atoms with van der Waals surface area (Å²) >= 11 is 0. The molecule has 0 spiro atoms. The van der Waals surface area contributed by atoms with Gasteiger partial charge in [-0.05, 0) is 31.1 Å². The number of amides is 2. The van der Waals surface area contributed by atoms with Gasteiger partial charge in [0.15, 0.2) is 0 Å². The summed E-state index contributed by atoms with van der Waals surface area (Å²) < 4.78 is 0. The van der Waals surface area contributed by atoms with Crippen LogP contribution in [0.5, 0.6) is 0 Å². The number of carbonyl (C=O) groups excluding carboxylic acids is 1. The van der Waals surface area contributed by atoms with Gasteiger partial charge in [0, 0.05) is 26.7 Å². The van der Waals surface area contributed by atoms with Crippen LogP contribution in [0.15, 0.2) is 0 Å². The summed E-state index contributed by atoms with van der Waals surface area (Å²) in [6, 6.07) is -0.0138. The molecule has 2 aliphatic rings. The number of piperidine rings is 1. The van der Waals surface area contributed by atoms with E-state index in [9.17, 15) is 9.59 Å². The first-order valence-corrected chi connectivity index (χ1v) is 6.72. The van der Waals surface area contributed by atoms with Crippen molar-refractivity contribution >= 4 is 12.0 Å². The summed E-state index contributed by atoms with van der Waals surface area (Å²) in [4.78, 5) is 26.6. The topological polar surface area (TPSA) is 60.9 Å². The molecule has 0 aromatic heterocycles. The molecular formula is C13H22N2O3. The number of hydrogen-bond donors (Lipinski definition) is 1. The summed E-state index contributed by atoms with van der Waals surface area (Å²) in [5.74, 6) is 0.189. The smallest absolute Gasteiger partial charge is 0.319 e. The molecule has 3 atom stereocenters. The van der Waals surface area contributed by atoms with E-state index >= 15 is 0 Å². The summed E-state index contributed by atoms with van der Waals surface area (Å²) in [6.07, 6.45) is 2.67. The number of likely N-dealkylation sites (tertiary alicyclic amines) is 1. The number of carboxylic acids is 1. The monoisotopic (exact) mass is 254 g/mol. The van der Waals surface area contributed by atoms with Gasteiger partial charge in [-0.25, -0.2) is 4.79 Å². The Bertz CT molecular complexity index is 345. The zero-order valence-electron chi connectivity index (χ0n) is 11.1. The molecule has 102 valence electrons. The van der Waals surface area contributed by atoms with Crippen molar-refractivity contribution < 1.29 is 14.7 Å². The fourth-order valence-electron chi connectivity index (χ4n) is 2.68. The van der Waals surface area contributed by atoms with Crippen molar-refractivity contribution in [3.05, 3.63) is 0 Å². The zero-order valence-corrected chi connectivity index (χ0v) is 11.1. The van der Waals surface area contributed by atoms with Crippen LogP contribution in [0.25, 0.3) is 0 Å². The van der Waals surface area contributed by atoms with E-state index in [4.69, 9.17) is 5.11 Å².